The maximum atomic E-state index is 9.75. The van der Waals surface area contributed by atoms with Crippen LogP contribution in [0.2, 0.25) is 0 Å². The molecule has 2 nitrogen and oxygen atoms in total. The van der Waals surface area contributed by atoms with E-state index in [1.54, 1.807) is 6.92 Å². The van der Waals surface area contributed by atoms with Crippen LogP contribution in [0.15, 0.2) is 0 Å². The van der Waals surface area contributed by atoms with Crippen molar-refractivity contribution < 1.29 is 115 Å². The fourth-order valence-corrected chi connectivity index (χ4v) is 0. The van der Waals surface area contributed by atoms with Crippen molar-refractivity contribution in [1.29, 1.82) is 0 Å². The number of hydrogen-bond donors (Lipinski definition) is 1. The molecule has 0 aliphatic rings. The maximum absolute atomic E-state index is 9.75. The van der Waals surface area contributed by atoms with Gasteiger partial charge >= 0.3 is 79.1 Å². The zero-order valence-electron chi connectivity index (χ0n) is 14.9. The van der Waals surface area contributed by atoms with Crippen molar-refractivity contribution >= 4 is 27.7 Å². The number of hydrogen-bond acceptors (Lipinski definition) is 1. The Morgan fingerprint density at radius 1 is 0.760 bits per heavy atom. The second-order valence-electron chi connectivity index (χ2n) is 3.96. The van der Waals surface area contributed by atoms with Gasteiger partial charge in [-0.15, -0.1) is 0 Å². The molecular formula is C7H17B3F12KO2-3. The molecule has 0 rings (SSSR count). The molecule has 1 N–H and O–H groups in total. The molecule has 0 atom stereocenters. The third-order valence-corrected chi connectivity index (χ3v) is 0.302. The van der Waals surface area contributed by atoms with E-state index in [9.17, 15) is 56.6 Å². The first-order chi connectivity index (χ1) is 10.0. The van der Waals surface area contributed by atoms with E-state index in [4.69, 9.17) is 5.11 Å². The summed E-state index contributed by atoms with van der Waals surface area (Å²) in [6.07, 6.45) is 0.222. The number of halogens is 12. The van der Waals surface area contributed by atoms with E-state index >= 15 is 0 Å². The van der Waals surface area contributed by atoms with Crippen LogP contribution < -0.4 is 51.4 Å². The van der Waals surface area contributed by atoms with Gasteiger partial charge in [-0.25, -0.2) is 0 Å². The van der Waals surface area contributed by atoms with Crippen LogP contribution >= 0.6 is 0 Å². The van der Waals surface area contributed by atoms with Crippen LogP contribution in [0, 0.1) is 5.92 Å². The van der Waals surface area contributed by atoms with E-state index in [0.717, 1.165) is 5.92 Å². The van der Waals surface area contributed by atoms with Gasteiger partial charge in [0, 0.05) is 6.42 Å². The molecule has 0 fully saturated rings. The SMILES string of the molecule is CC(C)C.CCC(=O)O.F[B-](F)(F)F.F[B-](F)(F)F.F[B-](F)(F)F.[H-].[K+]. The van der Waals surface area contributed by atoms with Gasteiger partial charge in [-0.05, 0) is 5.92 Å². The molecule has 0 saturated heterocycles. The Balaban J connectivity index is -0.0000000341. The van der Waals surface area contributed by atoms with E-state index in [2.05, 4.69) is 20.8 Å². The van der Waals surface area contributed by atoms with Crippen molar-refractivity contribution in [3.05, 3.63) is 0 Å². The van der Waals surface area contributed by atoms with Gasteiger partial charge in [-0.1, -0.05) is 27.7 Å². The number of carboxylic acids is 1. The van der Waals surface area contributed by atoms with Crippen LogP contribution in [0.1, 0.15) is 35.5 Å². The first-order valence-electron chi connectivity index (χ1n) is 5.84. The Hall–Kier alpha value is 0.461. The molecule has 0 aliphatic carbocycles. The number of carboxylic acid groups (broad SMARTS) is 1. The van der Waals surface area contributed by atoms with Crippen LogP contribution in [-0.2, 0) is 4.79 Å². The Morgan fingerprint density at radius 3 is 0.800 bits per heavy atom. The third kappa shape index (κ3) is 2040. The molecule has 25 heavy (non-hydrogen) atoms. The molecule has 18 heteroatoms. The molecule has 0 saturated carbocycles. The molecule has 0 amide bonds. The van der Waals surface area contributed by atoms with Crippen LogP contribution in [-0.4, -0.2) is 32.8 Å². The minimum atomic E-state index is -6.00. The minimum absolute atomic E-state index is 0. The summed E-state index contributed by atoms with van der Waals surface area (Å²) in [5.41, 5.74) is 0. The van der Waals surface area contributed by atoms with E-state index < -0.39 is 27.7 Å². The van der Waals surface area contributed by atoms with Crippen molar-refractivity contribution in [2.45, 2.75) is 34.1 Å². The zero-order valence-corrected chi connectivity index (χ0v) is 17.0. The summed E-state index contributed by atoms with van der Waals surface area (Å²) in [6.45, 7) is 8.10. The van der Waals surface area contributed by atoms with Gasteiger partial charge in [-0.2, -0.15) is 0 Å². The third-order valence-electron chi connectivity index (χ3n) is 0.302. The number of rotatable bonds is 1. The predicted molar refractivity (Wildman–Crippen MR) is 70.1 cm³/mol. The normalized spacial score (nSPS) is 10.1. The van der Waals surface area contributed by atoms with Gasteiger partial charge < -0.3 is 58.3 Å². The van der Waals surface area contributed by atoms with E-state index in [-0.39, 0.29) is 59.2 Å². The first-order valence-corrected chi connectivity index (χ1v) is 5.84. The fraction of sp³-hybridized carbons (Fsp3) is 0.857. The molecule has 0 aromatic rings. The molecular weight excluding hydrogens is 416 g/mol. The van der Waals surface area contributed by atoms with E-state index in [0.29, 0.717) is 0 Å². The monoisotopic (exact) mass is 433 g/mol. The number of carbonyl (C=O) groups is 1. The van der Waals surface area contributed by atoms with Crippen molar-refractivity contribution in [2.75, 3.05) is 0 Å². The quantitative estimate of drug-likeness (QED) is 0.510. The zero-order chi connectivity index (χ0) is 21.4. The molecule has 0 aromatic carbocycles. The van der Waals surface area contributed by atoms with Crippen LogP contribution in [0.3, 0.4) is 0 Å². The van der Waals surface area contributed by atoms with Gasteiger partial charge in [0.25, 0.3) is 0 Å². The molecule has 0 aliphatic heterocycles. The van der Waals surface area contributed by atoms with Gasteiger partial charge in [0.2, 0.25) is 0 Å². The summed E-state index contributed by atoms with van der Waals surface area (Å²) < 4.78 is 117. The van der Waals surface area contributed by atoms with Gasteiger partial charge in [0.15, 0.2) is 0 Å². The summed E-state index contributed by atoms with van der Waals surface area (Å²) in [6, 6.07) is 0. The van der Waals surface area contributed by atoms with Crippen molar-refractivity contribution in [3.8, 4) is 0 Å². The van der Waals surface area contributed by atoms with E-state index in [1.165, 1.54) is 0 Å². The predicted octanol–water partition coefficient (Wildman–Crippen LogP) is 3.16. The second-order valence-corrected chi connectivity index (χ2v) is 3.96. The maximum Gasteiger partial charge on any atom is 1.00 e. The van der Waals surface area contributed by atoms with Crippen LogP contribution in [0.5, 0.6) is 0 Å². The summed E-state index contributed by atoms with van der Waals surface area (Å²) >= 11 is 0. The Labute approximate surface area is 181 Å². The smallest absolute Gasteiger partial charge is 1.00 e. The molecule has 0 spiro atoms. The summed E-state index contributed by atoms with van der Waals surface area (Å²) in [4.78, 5) is 9.37. The molecule has 0 bridgehead atoms. The molecule has 0 heterocycles. The topological polar surface area (TPSA) is 37.3 Å². The summed E-state index contributed by atoms with van der Waals surface area (Å²) in [5.74, 6) is 0.0880. The second kappa shape index (κ2) is 20.8. The summed E-state index contributed by atoms with van der Waals surface area (Å²) in [7, 11) is -18.0. The van der Waals surface area contributed by atoms with E-state index in [1.807, 2.05) is 0 Å². The van der Waals surface area contributed by atoms with Crippen molar-refractivity contribution in [2.24, 2.45) is 5.92 Å². The average molecular weight is 433 g/mol. The summed E-state index contributed by atoms with van der Waals surface area (Å²) in [5, 5.41) is 7.72. The Bertz CT molecular complexity index is 238. The van der Waals surface area contributed by atoms with Crippen molar-refractivity contribution in [1.82, 2.24) is 0 Å². The molecule has 0 radical (unpaired) electrons. The average Bonchev–Trinajstić information content (AvgIpc) is 2.07. The van der Waals surface area contributed by atoms with Gasteiger partial charge in [0.05, 0.1) is 0 Å². The van der Waals surface area contributed by atoms with Crippen molar-refractivity contribution in [3.63, 3.8) is 0 Å². The van der Waals surface area contributed by atoms with Crippen LogP contribution in [0.25, 0.3) is 0 Å². The minimum Gasteiger partial charge on any atom is -1.00 e. The first kappa shape index (κ1) is 40.2. The fourth-order valence-electron chi connectivity index (χ4n) is 0. The number of aliphatic carboxylic acids is 1. The Kier molecular flexibility index (Phi) is 33.4. The van der Waals surface area contributed by atoms with Gasteiger partial charge in [-0.3, -0.25) is 4.79 Å². The molecule has 0 unspecified atom stereocenters. The Morgan fingerprint density at radius 2 is 0.800 bits per heavy atom. The van der Waals surface area contributed by atoms with Gasteiger partial charge in [0.1, 0.15) is 0 Å². The molecule has 154 valence electrons. The largest absolute Gasteiger partial charge is 1.00 e. The van der Waals surface area contributed by atoms with Crippen LogP contribution in [0.4, 0.5) is 51.8 Å². The molecule has 0 aromatic heterocycles. The standard InChI is InChI=1S/C4H10.C3H6O2.3BF4.K.H/c1-4(2)3;1-2-3(4)5;3*2-1(3,4)5;;/h4H,1-3H3;2H2,1H3,(H,4,5);;;;;/q;;3*-1;+1;-1.